The van der Waals surface area contributed by atoms with Crippen LogP contribution in [-0.4, -0.2) is 18.6 Å². The monoisotopic (exact) mass is 279 g/mol. The summed E-state index contributed by atoms with van der Waals surface area (Å²) in [6.45, 7) is 5.07. The zero-order valence-electron chi connectivity index (χ0n) is 11.4. The third-order valence-corrected chi connectivity index (χ3v) is 3.88. The number of hydrogen-bond donors (Lipinski definition) is 1. The van der Waals surface area contributed by atoms with Crippen molar-refractivity contribution in [2.24, 2.45) is 0 Å². The second-order valence-corrected chi connectivity index (χ2v) is 5.21. The summed E-state index contributed by atoms with van der Waals surface area (Å²) in [6.07, 6.45) is 0. The van der Waals surface area contributed by atoms with Crippen LogP contribution in [0.1, 0.15) is 25.6 Å². The van der Waals surface area contributed by atoms with Gasteiger partial charge in [-0.2, -0.15) is 0 Å². The fourth-order valence-corrected chi connectivity index (χ4v) is 2.74. The summed E-state index contributed by atoms with van der Waals surface area (Å²) in [5.74, 6) is -0.234. The summed E-state index contributed by atoms with van der Waals surface area (Å²) in [4.78, 5) is 6.49. The fourth-order valence-electron chi connectivity index (χ4n) is 1.84. The molecular formula is C14H18FN3S. The molecule has 19 heavy (non-hydrogen) atoms. The van der Waals surface area contributed by atoms with Crippen molar-refractivity contribution in [3.63, 3.8) is 0 Å². The first kappa shape index (κ1) is 14.0. The highest BCUT2D eigenvalue weighted by Crippen LogP contribution is 2.29. The molecule has 2 rings (SSSR count). The summed E-state index contributed by atoms with van der Waals surface area (Å²) in [6, 6.07) is 6.76. The van der Waals surface area contributed by atoms with E-state index in [0.717, 1.165) is 23.1 Å². The van der Waals surface area contributed by atoms with Crippen LogP contribution in [-0.2, 0) is 0 Å². The van der Waals surface area contributed by atoms with E-state index in [1.54, 1.807) is 17.4 Å². The summed E-state index contributed by atoms with van der Waals surface area (Å²) in [5, 5.41) is 6.23. The molecule has 0 spiro atoms. The number of thiazole rings is 1. The molecule has 0 radical (unpaired) electrons. The Morgan fingerprint density at radius 1 is 1.47 bits per heavy atom. The van der Waals surface area contributed by atoms with E-state index in [9.17, 15) is 4.39 Å². The minimum absolute atomic E-state index is 0.232. The number of rotatable bonds is 5. The Labute approximate surface area is 117 Å². The zero-order chi connectivity index (χ0) is 13.8. The molecule has 3 nitrogen and oxygen atoms in total. The van der Waals surface area contributed by atoms with Crippen LogP contribution in [0.4, 0.5) is 15.2 Å². The highest BCUT2D eigenvalue weighted by Gasteiger charge is 2.12. The number of hydrogen-bond acceptors (Lipinski definition) is 4. The molecule has 102 valence electrons. The maximum absolute atomic E-state index is 13.2. The second-order valence-electron chi connectivity index (χ2n) is 4.37. The van der Waals surface area contributed by atoms with E-state index < -0.39 is 0 Å². The number of halogens is 1. The van der Waals surface area contributed by atoms with Crippen LogP contribution in [0.2, 0.25) is 0 Å². The van der Waals surface area contributed by atoms with Gasteiger partial charge in [-0.05, 0) is 31.7 Å². The third-order valence-electron chi connectivity index (χ3n) is 2.95. The van der Waals surface area contributed by atoms with E-state index in [1.807, 2.05) is 23.4 Å². The third kappa shape index (κ3) is 3.30. The maximum Gasteiger partial charge on any atom is 0.189 e. The number of nitrogens with one attached hydrogen (secondary N) is 1. The Morgan fingerprint density at radius 3 is 2.95 bits per heavy atom. The van der Waals surface area contributed by atoms with Gasteiger partial charge in [0, 0.05) is 24.2 Å². The van der Waals surface area contributed by atoms with Gasteiger partial charge in [0.05, 0.1) is 5.69 Å². The zero-order valence-corrected chi connectivity index (χ0v) is 12.2. The molecule has 0 aliphatic rings. The molecule has 1 N–H and O–H groups in total. The summed E-state index contributed by atoms with van der Waals surface area (Å²) < 4.78 is 13.2. The van der Waals surface area contributed by atoms with Crippen LogP contribution in [0.15, 0.2) is 29.6 Å². The van der Waals surface area contributed by atoms with Gasteiger partial charge >= 0.3 is 0 Å². The van der Waals surface area contributed by atoms with Crippen LogP contribution < -0.4 is 10.2 Å². The lowest BCUT2D eigenvalue weighted by Crippen LogP contribution is -2.18. The molecule has 0 bridgehead atoms. The van der Waals surface area contributed by atoms with Gasteiger partial charge in [0.2, 0.25) is 0 Å². The van der Waals surface area contributed by atoms with E-state index in [4.69, 9.17) is 0 Å². The maximum atomic E-state index is 13.2. The Bertz CT molecular complexity index is 541. The van der Waals surface area contributed by atoms with Crippen LogP contribution in [0.5, 0.6) is 0 Å². The topological polar surface area (TPSA) is 28.2 Å². The lowest BCUT2D eigenvalue weighted by molar-refractivity contribution is 0.586. The molecule has 1 heterocycles. The van der Waals surface area contributed by atoms with Crippen LogP contribution in [0.25, 0.3) is 0 Å². The SMILES string of the molecule is CCNC(C)c1csc(N(C)c2cccc(F)c2)n1. The highest BCUT2D eigenvalue weighted by atomic mass is 32.1. The van der Waals surface area contributed by atoms with Gasteiger partial charge in [0.25, 0.3) is 0 Å². The van der Waals surface area contributed by atoms with Crippen molar-refractivity contribution < 1.29 is 4.39 Å². The van der Waals surface area contributed by atoms with Gasteiger partial charge in [-0.25, -0.2) is 9.37 Å². The number of anilines is 2. The first-order chi connectivity index (χ1) is 9.11. The van der Waals surface area contributed by atoms with Gasteiger partial charge in [-0.3, -0.25) is 0 Å². The van der Waals surface area contributed by atoms with Crippen molar-refractivity contribution in [1.29, 1.82) is 0 Å². The molecule has 0 fully saturated rings. The van der Waals surface area contributed by atoms with Crippen molar-refractivity contribution in [1.82, 2.24) is 10.3 Å². The molecule has 0 aliphatic heterocycles. The van der Waals surface area contributed by atoms with Crippen LogP contribution in [0, 0.1) is 5.82 Å². The molecule has 1 atom stereocenters. The Hall–Kier alpha value is -1.46. The lowest BCUT2D eigenvalue weighted by atomic mass is 10.2. The first-order valence-corrected chi connectivity index (χ1v) is 7.18. The number of benzene rings is 1. The van der Waals surface area contributed by atoms with Gasteiger partial charge < -0.3 is 10.2 Å². The molecule has 0 amide bonds. The first-order valence-electron chi connectivity index (χ1n) is 6.30. The fraction of sp³-hybridized carbons (Fsp3) is 0.357. The largest absolute Gasteiger partial charge is 0.321 e. The predicted octanol–water partition coefficient (Wildman–Crippen LogP) is 3.72. The van der Waals surface area contributed by atoms with E-state index >= 15 is 0 Å². The van der Waals surface area contributed by atoms with Crippen molar-refractivity contribution in [3.05, 3.63) is 41.2 Å². The summed E-state index contributed by atoms with van der Waals surface area (Å²) in [7, 11) is 1.90. The molecular weight excluding hydrogens is 261 g/mol. The summed E-state index contributed by atoms with van der Waals surface area (Å²) in [5.41, 5.74) is 1.82. The Balaban J connectivity index is 2.18. The van der Waals surface area contributed by atoms with Crippen molar-refractivity contribution >= 4 is 22.2 Å². The normalized spacial score (nSPS) is 12.4. The molecule has 1 aromatic carbocycles. The highest BCUT2D eigenvalue weighted by molar-refractivity contribution is 7.13. The van der Waals surface area contributed by atoms with E-state index in [2.05, 4.69) is 24.1 Å². The van der Waals surface area contributed by atoms with E-state index in [-0.39, 0.29) is 11.9 Å². The van der Waals surface area contributed by atoms with Crippen LogP contribution in [0.3, 0.4) is 0 Å². The average Bonchev–Trinajstić information content (AvgIpc) is 2.88. The van der Waals surface area contributed by atoms with Gasteiger partial charge in [0.1, 0.15) is 5.82 Å². The second kappa shape index (κ2) is 6.12. The average molecular weight is 279 g/mol. The van der Waals surface area contributed by atoms with Gasteiger partial charge in [-0.1, -0.05) is 13.0 Å². The van der Waals surface area contributed by atoms with Crippen molar-refractivity contribution in [3.8, 4) is 0 Å². The van der Waals surface area contributed by atoms with Gasteiger partial charge in [-0.15, -0.1) is 11.3 Å². The molecule has 0 saturated heterocycles. The minimum atomic E-state index is -0.234. The number of aromatic nitrogens is 1. The van der Waals surface area contributed by atoms with Gasteiger partial charge in [0.15, 0.2) is 5.13 Å². The Kier molecular flexibility index (Phi) is 4.50. The predicted molar refractivity (Wildman–Crippen MR) is 78.7 cm³/mol. The standard InChI is InChI=1S/C14H18FN3S/c1-4-16-10(2)13-9-19-14(17-13)18(3)12-7-5-6-11(15)8-12/h5-10,16H,4H2,1-3H3. The van der Waals surface area contributed by atoms with Crippen LogP contribution >= 0.6 is 11.3 Å². The quantitative estimate of drug-likeness (QED) is 0.904. The number of nitrogens with zero attached hydrogens (tertiary/aromatic N) is 2. The molecule has 1 unspecified atom stereocenters. The van der Waals surface area contributed by atoms with Crippen molar-refractivity contribution in [2.45, 2.75) is 19.9 Å². The van der Waals surface area contributed by atoms with E-state index in [0.29, 0.717) is 0 Å². The smallest absolute Gasteiger partial charge is 0.189 e. The molecule has 0 saturated carbocycles. The van der Waals surface area contributed by atoms with Crippen molar-refractivity contribution in [2.75, 3.05) is 18.5 Å². The lowest BCUT2D eigenvalue weighted by Gasteiger charge is -2.16. The molecule has 1 aromatic heterocycles. The Morgan fingerprint density at radius 2 is 2.26 bits per heavy atom. The summed E-state index contributed by atoms with van der Waals surface area (Å²) >= 11 is 1.56. The molecule has 5 heteroatoms. The molecule has 2 aromatic rings. The minimum Gasteiger partial charge on any atom is -0.321 e. The molecule has 0 aliphatic carbocycles. The van der Waals surface area contributed by atoms with E-state index in [1.165, 1.54) is 12.1 Å².